The first-order valence-corrected chi connectivity index (χ1v) is 9.26. The summed E-state index contributed by atoms with van der Waals surface area (Å²) in [7, 11) is 0. The van der Waals surface area contributed by atoms with Gasteiger partial charge in [0.25, 0.3) is 5.56 Å². The van der Waals surface area contributed by atoms with Crippen LogP contribution in [0.1, 0.15) is 29.9 Å². The molecule has 0 aliphatic heterocycles. The van der Waals surface area contributed by atoms with Gasteiger partial charge in [-0.25, -0.2) is 0 Å². The molecule has 131 valence electrons. The molecule has 4 aromatic rings. The number of rotatable bonds is 3. The van der Waals surface area contributed by atoms with Gasteiger partial charge in [0.05, 0.1) is 16.8 Å². The van der Waals surface area contributed by atoms with Crippen LogP contribution in [0.4, 0.5) is 0 Å². The van der Waals surface area contributed by atoms with Crippen LogP contribution >= 0.6 is 0 Å². The molecule has 1 fully saturated rings. The van der Waals surface area contributed by atoms with Gasteiger partial charge in [0, 0.05) is 10.9 Å². The Morgan fingerprint density at radius 1 is 0.852 bits per heavy atom. The van der Waals surface area contributed by atoms with Crippen molar-refractivity contribution >= 4 is 10.8 Å². The zero-order valence-electron chi connectivity index (χ0n) is 14.9. The highest BCUT2D eigenvalue weighted by atomic mass is 16.1. The van der Waals surface area contributed by atoms with Crippen LogP contribution in [-0.4, -0.2) is 9.78 Å². The number of fused-ring (bicyclic) bond motifs is 1. The van der Waals surface area contributed by atoms with E-state index < -0.39 is 0 Å². The van der Waals surface area contributed by atoms with Gasteiger partial charge in [0.1, 0.15) is 0 Å². The highest BCUT2D eigenvalue weighted by Crippen LogP contribution is 2.40. The second-order valence-electron chi connectivity index (χ2n) is 7.13. The Morgan fingerprint density at radius 2 is 1.52 bits per heavy atom. The van der Waals surface area contributed by atoms with Crippen molar-refractivity contribution < 1.29 is 0 Å². The zero-order chi connectivity index (χ0) is 18.4. The van der Waals surface area contributed by atoms with Crippen LogP contribution in [0.25, 0.3) is 27.7 Å². The van der Waals surface area contributed by atoms with E-state index in [1.165, 1.54) is 23.1 Å². The number of nitrogens with zero attached hydrogens (tertiary/aromatic N) is 2. The number of benzene rings is 3. The first-order chi connectivity index (χ1) is 13.2. The van der Waals surface area contributed by atoms with Crippen LogP contribution in [0, 0.1) is 6.92 Å². The van der Waals surface area contributed by atoms with Crippen LogP contribution in [0.15, 0.2) is 77.6 Å². The lowest BCUT2D eigenvalue weighted by molar-refractivity contribution is 0.825. The molecule has 27 heavy (non-hydrogen) atoms. The van der Waals surface area contributed by atoms with E-state index in [0.29, 0.717) is 11.3 Å². The minimum atomic E-state index is -0.102. The Morgan fingerprint density at radius 3 is 2.22 bits per heavy atom. The Kier molecular flexibility index (Phi) is 3.68. The molecule has 1 aliphatic rings. The first-order valence-electron chi connectivity index (χ1n) is 9.26. The standard InChI is InChI=1S/C24H19N2O/c1-16-6-2-3-7-20(16)23-21-8-4-5-9-22(21)24(27)26(25-23)19-14-12-18(13-15-19)17-10-11-17/h2-9,12-15,17H,1,10-11H2. The molecule has 5 rings (SSSR count). The van der Waals surface area contributed by atoms with Gasteiger partial charge in [0.15, 0.2) is 0 Å². The Hall–Kier alpha value is -3.20. The fourth-order valence-electron chi connectivity index (χ4n) is 3.62. The molecule has 1 heterocycles. The number of hydrogen-bond donors (Lipinski definition) is 0. The number of aromatic nitrogens is 2. The van der Waals surface area contributed by atoms with Gasteiger partial charge < -0.3 is 0 Å². The minimum Gasteiger partial charge on any atom is -0.267 e. The van der Waals surface area contributed by atoms with Gasteiger partial charge in [-0.05, 0) is 55.0 Å². The summed E-state index contributed by atoms with van der Waals surface area (Å²) < 4.78 is 1.51. The third-order valence-electron chi connectivity index (χ3n) is 5.26. The van der Waals surface area contributed by atoms with E-state index in [9.17, 15) is 4.79 Å². The van der Waals surface area contributed by atoms with Crippen LogP contribution in [0.3, 0.4) is 0 Å². The molecule has 3 nitrogen and oxygen atoms in total. The van der Waals surface area contributed by atoms with Crippen LogP contribution in [-0.2, 0) is 0 Å². The Balaban J connectivity index is 1.77. The van der Waals surface area contributed by atoms with E-state index in [0.717, 1.165) is 27.9 Å². The third-order valence-corrected chi connectivity index (χ3v) is 5.26. The van der Waals surface area contributed by atoms with Crippen molar-refractivity contribution in [3.05, 3.63) is 101 Å². The summed E-state index contributed by atoms with van der Waals surface area (Å²) in [6, 6.07) is 23.8. The quantitative estimate of drug-likeness (QED) is 0.514. The minimum absolute atomic E-state index is 0.102. The predicted molar refractivity (Wildman–Crippen MR) is 109 cm³/mol. The van der Waals surface area contributed by atoms with Gasteiger partial charge in [-0.2, -0.15) is 9.78 Å². The monoisotopic (exact) mass is 351 g/mol. The molecule has 0 atom stereocenters. The summed E-state index contributed by atoms with van der Waals surface area (Å²) in [6.45, 7) is 4.14. The molecule has 3 heteroatoms. The van der Waals surface area contributed by atoms with E-state index in [-0.39, 0.29) is 5.56 Å². The largest absolute Gasteiger partial charge is 0.279 e. The lowest BCUT2D eigenvalue weighted by atomic mass is 10.0. The first kappa shape index (κ1) is 16.0. The van der Waals surface area contributed by atoms with Crippen LogP contribution in [0.2, 0.25) is 0 Å². The Bertz CT molecular complexity index is 1200. The van der Waals surface area contributed by atoms with Crippen molar-refractivity contribution in [3.63, 3.8) is 0 Å². The van der Waals surface area contributed by atoms with Crippen molar-refractivity contribution in [2.75, 3.05) is 0 Å². The average molecular weight is 351 g/mol. The molecule has 1 aromatic heterocycles. The highest BCUT2D eigenvalue weighted by Gasteiger charge is 2.23. The molecule has 1 radical (unpaired) electrons. The summed E-state index contributed by atoms with van der Waals surface area (Å²) in [5.74, 6) is 0.689. The average Bonchev–Trinajstić information content (AvgIpc) is 3.55. The molecule has 1 saturated carbocycles. The maximum absolute atomic E-state index is 13.1. The predicted octanol–water partition coefficient (Wildman–Crippen LogP) is 5.11. The van der Waals surface area contributed by atoms with E-state index in [1.54, 1.807) is 0 Å². The van der Waals surface area contributed by atoms with Gasteiger partial charge in [-0.15, -0.1) is 0 Å². The molecule has 0 spiro atoms. The van der Waals surface area contributed by atoms with E-state index in [4.69, 9.17) is 5.10 Å². The van der Waals surface area contributed by atoms with Crippen molar-refractivity contribution in [2.45, 2.75) is 18.8 Å². The fraction of sp³-hybridized carbons (Fsp3) is 0.125. The molecule has 3 aromatic carbocycles. The van der Waals surface area contributed by atoms with Crippen molar-refractivity contribution in [2.24, 2.45) is 0 Å². The Labute approximate surface area is 157 Å². The molecule has 1 aliphatic carbocycles. The molecular formula is C24H19N2O. The molecule has 0 bridgehead atoms. The topological polar surface area (TPSA) is 34.9 Å². The smallest absolute Gasteiger partial charge is 0.267 e. The normalized spacial score (nSPS) is 13.8. The van der Waals surface area contributed by atoms with Gasteiger partial charge in [-0.1, -0.05) is 54.6 Å². The van der Waals surface area contributed by atoms with Crippen molar-refractivity contribution in [1.29, 1.82) is 0 Å². The summed E-state index contributed by atoms with van der Waals surface area (Å²) in [4.78, 5) is 13.1. The molecule has 0 saturated heterocycles. The maximum atomic E-state index is 13.1. The number of hydrogen-bond acceptors (Lipinski definition) is 2. The molecular weight excluding hydrogens is 332 g/mol. The fourth-order valence-corrected chi connectivity index (χ4v) is 3.62. The van der Waals surface area contributed by atoms with Gasteiger partial charge in [0.2, 0.25) is 0 Å². The summed E-state index contributed by atoms with van der Waals surface area (Å²) in [5, 5.41) is 6.27. The second-order valence-corrected chi connectivity index (χ2v) is 7.13. The lowest BCUT2D eigenvalue weighted by Crippen LogP contribution is -2.22. The summed E-state index contributed by atoms with van der Waals surface area (Å²) in [5.41, 5.74) is 4.65. The third kappa shape index (κ3) is 2.76. The summed E-state index contributed by atoms with van der Waals surface area (Å²) >= 11 is 0. The van der Waals surface area contributed by atoms with E-state index >= 15 is 0 Å². The second kappa shape index (κ2) is 6.20. The van der Waals surface area contributed by atoms with E-state index in [2.05, 4.69) is 19.1 Å². The SMILES string of the molecule is [CH2]c1ccccc1-c1nn(-c2ccc(C3CC3)cc2)c(=O)c2ccccc12. The molecule has 0 N–H and O–H groups in total. The van der Waals surface area contributed by atoms with Crippen molar-refractivity contribution in [1.82, 2.24) is 9.78 Å². The van der Waals surface area contributed by atoms with Gasteiger partial charge >= 0.3 is 0 Å². The van der Waals surface area contributed by atoms with Gasteiger partial charge in [-0.3, -0.25) is 4.79 Å². The lowest BCUT2D eigenvalue weighted by Gasteiger charge is -2.13. The maximum Gasteiger partial charge on any atom is 0.279 e. The van der Waals surface area contributed by atoms with Crippen molar-refractivity contribution in [3.8, 4) is 16.9 Å². The zero-order valence-corrected chi connectivity index (χ0v) is 14.9. The van der Waals surface area contributed by atoms with Crippen LogP contribution in [0.5, 0.6) is 0 Å². The van der Waals surface area contributed by atoms with Crippen LogP contribution < -0.4 is 5.56 Å². The highest BCUT2D eigenvalue weighted by molar-refractivity contribution is 5.94. The molecule has 0 amide bonds. The summed E-state index contributed by atoms with van der Waals surface area (Å²) in [6.07, 6.45) is 2.52. The van der Waals surface area contributed by atoms with E-state index in [1.807, 2.05) is 60.7 Å². The molecule has 0 unspecified atom stereocenters.